The first-order valence-electron chi connectivity index (χ1n) is 6.61. The van der Waals surface area contributed by atoms with Crippen LogP contribution in [-0.4, -0.2) is 42.1 Å². The number of nitrogens with zero attached hydrogens (tertiary/aromatic N) is 1. The van der Waals surface area contributed by atoms with Gasteiger partial charge in [-0.15, -0.1) is 0 Å². The Balaban J connectivity index is 2.20. The fourth-order valence-corrected chi connectivity index (χ4v) is 2.72. The van der Waals surface area contributed by atoms with E-state index >= 15 is 0 Å². The van der Waals surface area contributed by atoms with Gasteiger partial charge in [-0.3, -0.25) is 9.59 Å². The first kappa shape index (κ1) is 14.4. The number of hydrogen-bond acceptors (Lipinski definition) is 3. The Kier molecular flexibility index (Phi) is 3.97. The van der Waals surface area contributed by atoms with Gasteiger partial charge in [-0.05, 0) is 43.5 Å². The van der Waals surface area contributed by atoms with E-state index in [1.54, 1.807) is 24.1 Å². The number of benzene rings is 1. The van der Waals surface area contributed by atoms with Crippen molar-refractivity contribution in [2.24, 2.45) is 5.92 Å². The summed E-state index contributed by atoms with van der Waals surface area (Å²) in [6.45, 7) is 4.58. The lowest BCUT2D eigenvalue weighted by Crippen LogP contribution is -2.30. The second kappa shape index (κ2) is 5.53. The number of carbonyl (C=O) groups is 2. The molecule has 0 aromatic heterocycles. The molecule has 1 fully saturated rings. The highest BCUT2D eigenvalue weighted by Crippen LogP contribution is 2.26. The third kappa shape index (κ3) is 2.61. The molecule has 5 heteroatoms. The second-order valence-corrected chi connectivity index (χ2v) is 5.22. The van der Waals surface area contributed by atoms with Gasteiger partial charge in [0.2, 0.25) is 0 Å². The number of amides is 1. The molecule has 20 heavy (non-hydrogen) atoms. The van der Waals surface area contributed by atoms with Crippen LogP contribution in [0.5, 0.6) is 5.75 Å². The highest BCUT2D eigenvalue weighted by Gasteiger charge is 2.31. The Hall–Kier alpha value is -2.04. The number of rotatable bonds is 3. The van der Waals surface area contributed by atoms with Crippen LogP contribution < -0.4 is 4.74 Å². The summed E-state index contributed by atoms with van der Waals surface area (Å²) in [6, 6.07) is 3.59. The molecular formula is C15H19NO4. The SMILES string of the molecule is COc1c(C)cc(C(=O)N2CCC(C(=O)O)C2)cc1C. The number of likely N-dealkylation sites (tertiary alicyclic amines) is 1. The van der Waals surface area contributed by atoms with E-state index in [0.29, 0.717) is 18.5 Å². The first-order valence-corrected chi connectivity index (χ1v) is 6.61. The number of carboxylic acid groups (broad SMARTS) is 1. The van der Waals surface area contributed by atoms with E-state index in [1.165, 1.54) is 0 Å². The topological polar surface area (TPSA) is 66.8 Å². The molecule has 1 amide bonds. The molecule has 1 unspecified atom stereocenters. The number of aryl methyl sites for hydroxylation is 2. The predicted molar refractivity (Wildman–Crippen MR) is 74.1 cm³/mol. The van der Waals surface area contributed by atoms with E-state index in [-0.39, 0.29) is 12.5 Å². The van der Waals surface area contributed by atoms with Crippen molar-refractivity contribution in [2.45, 2.75) is 20.3 Å². The van der Waals surface area contributed by atoms with Crippen molar-refractivity contribution in [3.8, 4) is 5.75 Å². The molecule has 1 aliphatic heterocycles. The van der Waals surface area contributed by atoms with Gasteiger partial charge >= 0.3 is 5.97 Å². The number of ether oxygens (including phenoxy) is 1. The van der Waals surface area contributed by atoms with Crippen LogP contribution in [0.2, 0.25) is 0 Å². The van der Waals surface area contributed by atoms with E-state index in [1.807, 2.05) is 13.8 Å². The van der Waals surface area contributed by atoms with Gasteiger partial charge in [-0.25, -0.2) is 0 Å². The van der Waals surface area contributed by atoms with Crippen LogP contribution in [0.25, 0.3) is 0 Å². The van der Waals surface area contributed by atoms with E-state index in [9.17, 15) is 9.59 Å². The molecule has 1 saturated heterocycles. The van der Waals surface area contributed by atoms with Gasteiger partial charge in [0.25, 0.3) is 5.91 Å². The average Bonchev–Trinajstić information content (AvgIpc) is 2.87. The molecule has 1 N–H and O–H groups in total. The zero-order chi connectivity index (χ0) is 14.9. The zero-order valence-corrected chi connectivity index (χ0v) is 12.0. The smallest absolute Gasteiger partial charge is 0.308 e. The van der Waals surface area contributed by atoms with Crippen LogP contribution in [0.4, 0.5) is 0 Å². The van der Waals surface area contributed by atoms with Gasteiger partial charge in [0.1, 0.15) is 5.75 Å². The Morgan fingerprint density at radius 2 is 1.90 bits per heavy atom. The second-order valence-electron chi connectivity index (χ2n) is 5.22. The summed E-state index contributed by atoms with van der Waals surface area (Å²) in [6.07, 6.45) is 0.523. The molecule has 0 bridgehead atoms. The summed E-state index contributed by atoms with van der Waals surface area (Å²) in [4.78, 5) is 25.0. The van der Waals surface area contributed by atoms with E-state index in [4.69, 9.17) is 9.84 Å². The molecule has 0 aliphatic carbocycles. The first-order chi connectivity index (χ1) is 9.43. The minimum absolute atomic E-state index is 0.109. The molecule has 2 rings (SSSR count). The van der Waals surface area contributed by atoms with Crippen molar-refractivity contribution >= 4 is 11.9 Å². The predicted octanol–water partition coefficient (Wildman–Crippen LogP) is 1.86. The Morgan fingerprint density at radius 1 is 1.30 bits per heavy atom. The summed E-state index contributed by atoms with van der Waals surface area (Å²) >= 11 is 0. The van der Waals surface area contributed by atoms with E-state index in [2.05, 4.69) is 0 Å². The third-order valence-corrected chi connectivity index (χ3v) is 3.74. The van der Waals surface area contributed by atoms with Gasteiger partial charge in [0.15, 0.2) is 0 Å². The largest absolute Gasteiger partial charge is 0.496 e. The number of carbonyl (C=O) groups excluding carboxylic acids is 1. The van der Waals surface area contributed by atoms with E-state index < -0.39 is 11.9 Å². The van der Waals surface area contributed by atoms with Gasteiger partial charge < -0.3 is 14.7 Å². The molecule has 1 atom stereocenters. The Morgan fingerprint density at radius 3 is 2.35 bits per heavy atom. The van der Waals surface area contributed by atoms with Crippen molar-refractivity contribution in [1.82, 2.24) is 4.90 Å². The lowest BCUT2D eigenvalue weighted by molar-refractivity contribution is -0.141. The molecule has 0 radical (unpaired) electrons. The van der Waals surface area contributed by atoms with Crippen LogP contribution in [0.1, 0.15) is 27.9 Å². The van der Waals surface area contributed by atoms with Crippen molar-refractivity contribution in [2.75, 3.05) is 20.2 Å². The van der Waals surface area contributed by atoms with Crippen molar-refractivity contribution in [1.29, 1.82) is 0 Å². The van der Waals surface area contributed by atoms with Crippen LogP contribution in [0.3, 0.4) is 0 Å². The molecule has 0 spiro atoms. The molecule has 0 saturated carbocycles. The van der Waals surface area contributed by atoms with Crippen molar-refractivity contribution in [3.63, 3.8) is 0 Å². The molecule has 1 aromatic carbocycles. The van der Waals surface area contributed by atoms with Crippen LogP contribution in [0, 0.1) is 19.8 Å². The summed E-state index contributed by atoms with van der Waals surface area (Å²) in [7, 11) is 1.61. The van der Waals surface area contributed by atoms with Gasteiger partial charge in [-0.1, -0.05) is 0 Å². The molecule has 1 aromatic rings. The minimum Gasteiger partial charge on any atom is -0.496 e. The lowest BCUT2D eigenvalue weighted by Gasteiger charge is -2.17. The van der Waals surface area contributed by atoms with Crippen molar-refractivity contribution < 1.29 is 19.4 Å². The van der Waals surface area contributed by atoms with Crippen molar-refractivity contribution in [3.05, 3.63) is 28.8 Å². The van der Waals surface area contributed by atoms with E-state index in [0.717, 1.165) is 16.9 Å². The highest BCUT2D eigenvalue weighted by molar-refractivity contribution is 5.95. The molecule has 1 aliphatic rings. The van der Waals surface area contributed by atoms with Crippen LogP contribution in [-0.2, 0) is 4.79 Å². The monoisotopic (exact) mass is 277 g/mol. The fraction of sp³-hybridized carbons (Fsp3) is 0.467. The minimum atomic E-state index is -0.831. The normalized spacial score (nSPS) is 18.1. The Labute approximate surface area is 118 Å². The maximum atomic E-state index is 12.4. The maximum absolute atomic E-state index is 12.4. The van der Waals surface area contributed by atoms with Gasteiger partial charge in [0, 0.05) is 18.7 Å². The Bertz CT molecular complexity index is 530. The average molecular weight is 277 g/mol. The number of methoxy groups -OCH3 is 1. The quantitative estimate of drug-likeness (QED) is 0.915. The van der Waals surface area contributed by atoms with Gasteiger partial charge in [0.05, 0.1) is 13.0 Å². The molecule has 108 valence electrons. The van der Waals surface area contributed by atoms with Crippen LogP contribution in [0.15, 0.2) is 12.1 Å². The zero-order valence-electron chi connectivity index (χ0n) is 12.0. The summed E-state index contributed by atoms with van der Waals surface area (Å²) in [5, 5.41) is 8.99. The van der Waals surface area contributed by atoms with Gasteiger partial charge in [-0.2, -0.15) is 0 Å². The van der Waals surface area contributed by atoms with Crippen LogP contribution >= 0.6 is 0 Å². The fourth-order valence-electron chi connectivity index (χ4n) is 2.72. The number of hydrogen-bond donors (Lipinski definition) is 1. The molecular weight excluding hydrogens is 258 g/mol. The number of carboxylic acids is 1. The summed E-state index contributed by atoms with van der Waals surface area (Å²) in [5.74, 6) is -0.601. The maximum Gasteiger partial charge on any atom is 0.308 e. The standard InChI is InChI=1S/C15H19NO4/c1-9-6-12(7-10(2)13(9)20-3)14(17)16-5-4-11(8-16)15(18)19/h6-7,11H,4-5,8H2,1-3H3,(H,18,19). The molecule has 5 nitrogen and oxygen atoms in total. The summed E-state index contributed by atoms with van der Waals surface area (Å²) in [5.41, 5.74) is 2.40. The molecule has 1 heterocycles. The third-order valence-electron chi connectivity index (χ3n) is 3.74. The lowest BCUT2D eigenvalue weighted by atomic mass is 10.0. The highest BCUT2D eigenvalue weighted by atomic mass is 16.5. The summed E-state index contributed by atoms with van der Waals surface area (Å²) < 4.78 is 5.28. The number of aliphatic carboxylic acids is 1.